The number of carbonyl (C=O) groups excluding carboxylic acids is 1. The van der Waals surface area contributed by atoms with Crippen LogP contribution in [0.4, 0.5) is 0 Å². The minimum atomic E-state index is -1.11. The highest BCUT2D eigenvalue weighted by Gasteiger charge is 2.09. The molecule has 0 saturated carbocycles. The molecule has 2 rings (SSSR count). The fourth-order valence-corrected chi connectivity index (χ4v) is 2.83. The van der Waals surface area contributed by atoms with E-state index in [2.05, 4.69) is 22.8 Å². The highest BCUT2D eigenvalue weighted by molar-refractivity contribution is 7.09. The minimum Gasteiger partial charge on any atom is -0.475 e. The van der Waals surface area contributed by atoms with Crippen molar-refractivity contribution in [3.8, 4) is 0 Å². The van der Waals surface area contributed by atoms with Crippen LogP contribution in [-0.2, 0) is 17.8 Å². The monoisotopic (exact) mass is 321 g/mol. The molecule has 0 saturated heterocycles. The lowest BCUT2D eigenvalue weighted by Crippen LogP contribution is -2.22. The lowest BCUT2D eigenvalue weighted by atomic mass is 10.1. The molecular formula is C16H19NO4S. The third-order valence-corrected chi connectivity index (χ3v) is 4.18. The topological polar surface area (TPSA) is 79.5 Å². The van der Waals surface area contributed by atoms with Gasteiger partial charge >= 0.3 is 5.97 Å². The maximum absolute atomic E-state index is 11.7. The zero-order valence-electron chi connectivity index (χ0n) is 12.2. The van der Waals surface area contributed by atoms with Crippen molar-refractivity contribution in [2.45, 2.75) is 38.6 Å². The number of nitrogens with one attached hydrogen (secondary N) is 1. The molecule has 118 valence electrons. The number of amides is 1. The first kappa shape index (κ1) is 16.3. The average molecular weight is 321 g/mol. The van der Waals surface area contributed by atoms with E-state index in [1.807, 2.05) is 0 Å². The van der Waals surface area contributed by atoms with Crippen molar-refractivity contribution in [2.75, 3.05) is 0 Å². The number of carboxylic acid groups (broad SMARTS) is 1. The lowest BCUT2D eigenvalue weighted by Gasteiger charge is -2.03. The second kappa shape index (κ2) is 8.38. The van der Waals surface area contributed by atoms with Crippen molar-refractivity contribution >= 4 is 23.2 Å². The maximum atomic E-state index is 11.7. The summed E-state index contributed by atoms with van der Waals surface area (Å²) in [5, 5.41) is 13.5. The Morgan fingerprint density at radius 3 is 2.73 bits per heavy atom. The van der Waals surface area contributed by atoms with Crippen molar-refractivity contribution < 1.29 is 19.1 Å². The first-order valence-corrected chi connectivity index (χ1v) is 8.14. The van der Waals surface area contributed by atoms with Gasteiger partial charge in [-0.25, -0.2) is 4.79 Å². The average Bonchev–Trinajstić information content (AvgIpc) is 3.16. The Labute approximate surface area is 133 Å². The van der Waals surface area contributed by atoms with Gasteiger partial charge in [0.2, 0.25) is 11.7 Å². The van der Waals surface area contributed by atoms with Crippen LogP contribution in [0.2, 0.25) is 0 Å². The van der Waals surface area contributed by atoms with Crippen molar-refractivity contribution in [2.24, 2.45) is 0 Å². The van der Waals surface area contributed by atoms with Gasteiger partial charge in [-0.05, 0) is 42.8 Å². The number of thiophene rings is 1. The number of furan rings is 1. The second-order valence-corrected chi connectivity index (χ2v) is 6.02. The van der Waals surface area contributed by atoms with Gasteiger partial charge in [0.15, 0.2) is 0 Å². The summed E-state index contributed by atoms with van der Waals surface area (Å²) in [5.41, 5.74) is 0. The molecule has 0 aliphatic rings. The fraction of sp³-hybridized carbons (Fsp3) is 0.375. The van der Waals surface area contributed by atoms with Gasteiger partial charge in [0.05, 0.1) is 6.54 Å². The van der Waals surface area contributed by atoms with Crippen LogP contribution in [0.5, 0.6) is 0 Å². The van der Waals surface area contributed by atoms with Gasteiger partial charge in [-0.15, -0.1) is 11.3 Å². The van der Waals surface area contributed by atoms with Crippen LogP contribution < -0.4 is 5.32 Å². The van der Waals surface area contributed by atoms with E-state index in [9.17, 15) is 9.59 Å². The predicted molar refractivity (Wildman–Crippen MR) is 84.0 cm³/mol. The largest absolute Gasteiger partial charge is 0.475 e. The molecule has 0 fully saturated rings. The van der Waals surface area contributed by atoms with Crippen LogP contribution in [0, 0.1) is 0 Å². The van der Waals surface area contributed by atoms with Crippen LogP contribution >= 0.6 is 11.3 Å². The summed E-state index contributed by atoms with van der Waals surface area (Å²) in [4.78, 5) is 23.7. The fourth-order valence-electron chi connectivity index (χ4n) is 2.08. The Morgan fingerprint density at radius 2 is 2.05 bits per heavy atom. The molecule has 22 heavy (non-hydrogen) atoms. The summed E-state index contributed by atoms with van der Waals surface area (Å²) in [6.07, 6.45) is 4.53. The molecule has 1 amide bonds. The molecule has 0 atom stereocenters. The van der Waals surface area contributed by atoms with Gasteiger partial charge in [-0.2, -0.15) is 0 Å². The van der Waals surface area contributed by atoms with Gasteiger partial charge in [-0.1, -0.05) is 12.5 Å². The van der Waals surface area contributed by atoms with Gasteiger partial charge < -0.3 is 14.8 Å². The van der Waals surface area contributed by atoms with E-state index in [0.717, 1.165) is 25.7 Å². The number of carbonyl (C=O) groups is 2. The Hall–Kier alpha value is -2.08. The summed E-state index contributed by atoms with van der Waals surface area (Å²) in [7, 11) is 0. The number of aromatic carboxylic acids is 1. The Morgan fingerprint density at radius 1 is 1.18 bits per heavy atom. The molecule has 0 aliphatic carbocycles. The molecule has 0 aromatic carbocycles. The van der Waals surface area contributed by atoms with E-state index >= 15 is 0 Å². The smallest absolute Gasteiger partial charge is 0.371 e. The number of rotatable bonds is 9. The van der Waals surface area contributed by atoms with Crippen molar-refractivity contribution in [3.05, 3.63) is 46.0 Å². The number of hydrogen-bond donors (Lipinski definition) is 2. The van der Waals surface area contributed by atoms with Gasteiger partial charge in [-0.3, -0.25) is 4.79 Å². The zero-order valence-corrected chi connectivity index (χ0v) is 13.0. The highest BCUT2D eigenvalue weighted by Crippen LogP contribution is 2.13. The molecule has 2 N–H and O–H groups in total. The highest BCUT2D eigenvalue weighted by atomic mass is 32.1. The van der Waals surface area contributed by atoms with Crippen molar-refractivity contribution in [3.63, 3.8) is 0 Å². The zero-order chi connectivity index (χ0) is 15.8. The standard InChI is InChI=1S/C16H19NO4S/c18-15(7-3-1-2-5-13-6-4-10-22-13)17-11-12-8-9-14(21-12)16(19)20/h4,6,8-10H,1-3,5,7,11H2,(H,17,18)(H,19,20). The molecule has 2 heterocycles. The molecule has 2 aromatic rings. The summed E-state index contributed by atoms with van der Waals surface area (Å²) >= 11 is 1.77. The van der Waals surface area contributed by atoms with Gasteiger partial charge in [0, 0.05) is 11.3 Å². The molecule has 0 unspecified atom stereocenters. The quantitative estimate of drug-likeness (QED) is 0.693. The normalized spacial score (nSPS) is 10.5. The first-order chi connectivity index (χ1) is 10.6. The molecular weight excluding hydrogens is 302 g/mol. The first-order valence-electron chi connectivity index (χ1n) is 7.26. The van der Waals surface area contributed by atoms with Crippen LogP contribution in [0.15, 0.2) is 34.1 Å². The van der Waals surface area contributed by atoms with Crippen LogP contribution in [-0.4, -0.2) is 17.0 Å². The minimum absolute atomic E-state index is 0.0376. The summed E-state index contributed by atoms with van der Waals surface area (Å²) in [6, 6.07) is 7.13. The van der Waals surface area contributed by atoms with Crippen LogP contribution in [0.3, 0.4) is 0 Å². The predicted octanol–water partition coefficient (Wildman–Crippen LogP) is 3.46. The summed E-state index contributed by atoms with van der Waals surface area (Å²) in [5.74, 6) is -0.811. The van der Waals surface area contributed by atoms with Crippen molar-refractivity contribution in [1.82, 2.24) is 5.32 Å². The lowest BCUT2D eigenvalue weighted by molar-refractivity contribution is -0.121. The van der Waals surface area contributed by atoms with Gasteiger partial charge in [0.1, 0.15) is 5.76 Å². The third kappa shape index (κ3) is 5.37. The second-order valence-electron chi connectivity index (χ2n) is 4.99. The Bertz CT molecular complexity index is 603. The summed E-state index contributed by atoms with van der Waals surface area (Å²) in [6.45, 7) is 0.224. The maximum Gasteiger partial charge on any atom is 0.371 e. The van der Waals surface area contributed by atoms with E-state index in [1.165, 1.54) is 10.9 Å². The van der Waals surface area contributed by atoms with Gasteiger partial charge in [0.25, 0.3) is 0 Å². The molecule has 2 aromatic heterocycles. The van der Waals surface area contributed by atoms with E-state index in [4.69, 9.17) is 9.52 Å². The number of carboxylic acids is 1. The molecule has 0 radical (unpaired) electrons. The van der Waals surface area contributed by atoms with Crippen molar-refractivity contribution in [1.29, 1.82) is 0 Å². The van der Waals surface area contributed by atoms with Crippen LogP contribution in [0.1, 0.15) is 46.9 Å². The van der Waals surface area contributed by atoms with E-state index < -0.39 is 5.97 Å². The molecule has 5 nitrogen and oxygen atoms in total. The van der Waals surface area contributed by atoms with Crippen LogP contribution in [0.25, 0.3) is 0 Å². The SMILES string of the molecule is O=C(CCCCCc1cccs1)NCc1ccc(C(=O)O)o1. The molecule has 0 bridgehead atoms. The van der Waals surface area contributed by atoms with E-state index in [-0.39, 0.29) is 18.2 Å². The Balaban J connectivity index is 1.56. The molecule has 6 heteroatoms. The third-order valence-electron chi connectivity index (χ3n) is 3.24. The number of hydrogen-bond acceptors (Lipinski definition) is 4. The molecule has 0 spiro atoms. The van der Waals surface area contributed by atoms with E-state index in [0.29, 0.717) is 12.2 Å². The summed E-state index contributed by atoms with van der Waals surface area (Å²) < 4.78 is 5.07. The number of aryl methyl sites for hydroxylation is 1. The Kier molecular flexibility index (Phi) is 6.21. The van der Waals surface area contributed by atoms with E-state index in [1.54, 1.807) is 17.4 Å². The number of unbranched alkanes of at least 4 members (excludes halogenated alkanes) is 2. The molecule has 0 aliphatic heterocycles.